The van der Waals surface area contributed by atoms with E-state index in [1.165, 1.54) is 12.2 Å². The van der Waals surface area contributed by atoms with Crippen LogP contribution >= 0.6 is 0 Å². The van der Waals surface area contributed by atoms with Gasteiger partial charge in [-0.2, -0.15) is 16.8 Å². The molecule has 1 heterocycles. The van der Waals surface area contributed by atoms with Crippen LogP contribution in [0.25, 0.3) is 21.9 Å². The minimum absolute atomic E-state index is 0.0531. The average molecular weight is 698 g/mol. The molecule has 252 valence electrons. The molecule has 0 bridgehead atoms. The largest absolute Gasteiger partial charge is 0.505 e. The first kappa shape index (κ1) is 35.4. The van der Waals surface area contributed by atoms with Gasteiger partial charge < -0.3 is 27.6 Å². The van der Waals surface area contributed by atoms with Crippen LogP contribution in [0.5, 0.6) is 5.75 Å². The molecule has 0 atom stereocenters. The van der Waals surface area contributed by atoms with E-state index in [1.54, 1.807) is 0 Å². The number of aryl methyl sites for hydroxylation is 2. The molecule has 0 saturated heterocycles. The summed E-state index contributed by atoms with van der Waals surface area (Å²) in [5.74, 6) is -1.68. The van der Waals surface area contributed by atoms with E-state index in [4.69, 9.17) is 21.8 Å². The lowest BCUT2D eigenvalue weighted by molar-refractivity contribution is -0.137. The van der Waals surface area contributed by atoms with Gasteiger partial charge in [0.05, 0.1) is 16.8 Å². The number of anilines is 4. The van der Waals surface area contributed by atoms with Crippen LogP contribution in [-0.2, 0) is 34.6 Å². The third-order valence-electron chi connectivity index (χ3n) is 7.39. The monoisotopic (exact) mass is 697 g/mol. The molecule has 0 aliphatic carbocycles. The lowest BCUT2D eigenvalue weighted by atomic mass is 10.00. The quantitative estimate of drug-likeness (QED) is 0.0634. The summed E-state index contributed by atoms with van der Waals surface area (Å²) in [5.41, 5.74) is 21.6. The Bertz CT molecular complexity index is 2230. The van der Waals surface area contributed by atoms with Gasteiger partial charge in [-0.15, -0.1) is 0 Å². The Labute approximate surface area is 275 Å². The van der Waals surface area contributed by atoms with Crippen molar-refractivity contribution in [3.8, 4) is 16.9 Å². The van der Waals surface area contributed by atoms with Crippen LogP contribution in [0.4, 0.5) is 22.7 Å². The van der Waals surface area contributed by atoms with Crippen LogP contribution in [0.3, 0.4) is 0 Å². The van der Waals surface area contributed by atoms with E-state index in [1.807, 2.05) is 50.2 Å². The normalized spacial score (nSPS) is 13.0. The molecule has 0 aromatic heterocycles. The first-order chi connectivity index (χ1) is 22.3. The molecule has 0 spiro atoms. The predicted molar refractivity (Wildman–Crippen MR) is 179 cm³/mol. The maximum Gasteiger partial charge on any atom is 0.296 e. The van der Waals surface area contributed by atoms with Gasteiger partial charge in [-0.05, 0) is 72.5 Å². The number of nitrogens with zero attached hydrogens (tertiary/aromatic N) is 1. The van der Waals surface area contributed by atoms with Crippen LogP contribution < -0.4 is 22.5 Å². The Balaban J connectivity index is 0.000000224. The Morgan fingerprint density at radius 2 is 1.31 bits per heavy atom. The van der Waals surface area contributed by atoms with Crippen molar-refractivity contribution in [2.45, 2.75) is 30.1 Å². The van der Waals surface area contributed by atoms with Gasteiger partial charge >= 0.3 is 0 Å². The number of carbonyl (C=O) groups is 3. The molecule has 1 aliphatic rings. The van der Waals surface area contributed by atoms with Crippen molar-refractivity contribution in [3.63, 3.8) is 0 Å². The minimum atomic E-state index is -4.89. The number of phenolic OH excluding ortho intramolecular Hbond substituents is 1. The summed E-state index contributed by atoms with van der Waals surface area (Å²) < 4.78 is 63.5. The zero-order valence-corrected chi connectivity index (χ0v) is 27.1. The molecular weight excluding hydrogens is 667 g/mol. The molecule has 5 rings (SSSR count). The molecule has 0 fully saturated rings. The van der Waals surface area contributed by atoms with Crippen molar-refractivity contribution in [1.82, 2.24) is 4.90 Å². The minimum Gasteiger partial charge on any atom is -0.505 e. The fourth-order valence-electron chi connectivity index (χ4n) is 4.83. The van der Waals surface area contributed by atoms with Crippen molar-refractivity contribution in [2.24, 2.45) is 0 Å². The molecule has 15 nitrogen and oxygen atoms in total. The maximum atomic E-state index is 12.2. The summed E-state index contributed by atoms with van der Waals surface area (Å²) in [6, 6.07) is 14.4. The van der Waals surface area contributed by atoms with Crippen molar-refractivity contribution >= 4 is 71.5 Å². The van der Waals surface area contributed by atoms with Gasteiger partial charge in [0.1, 0.15) is 15.5 Å². The summed E-state index contributed by atoms with van der Waals surface area (Å²) >= 11 is 0. The summed E-state index contributed by atoms with van der Waals surface area (Å²) in [6.45, 7) is 3.95. The summed E-state index contributed by atoms with van der Waals surface area (Å²) in [4.78, 5) is 34.4. The molecule has 48 heavy (non-hydrogen) atoms. The van der Waals surface area contributed by atoms with Crippen LogP contribution in [0.1, 0.15) is 17.5 Å². The SMILES string of the molecule is Cc1cc(-c2ccc(NC(=O)CCN3C(=O)C=CC3=O)c(C)c2)ccc1N.Nc1ccc2c(S(=O)(=O)O)cc(S(=O)(=O)O)c(N)c2c1O. The van der Waals surface area contributed by atoms with Crippen molar-refractivity contribution in [3.05, 3.63) is 77.9 Å². The van der Waals surface area contributed by atoms with E-state index in [9.17, 15) is 40.9 Å². The van der Waals surface area contributed by atoms with Crippen molar-refractivity contribution < 1.29 is 45.4 Å². The first-order valence-electron chi connectivity index (χ1n) is 13.9. The zero-order chi connectivity index (χ0) is 35.7. The smallest absolute Gasteiger partial charge is 0.296 e. The molecular formula is C31H31N5O10S2. The Hall–Kier alpha value is -5.49. The molecule has 0 unspecified atom stereocenters. The van der Waals surface area contributed by atoms with E-state index in [0.717, 1.165) is 45.0 Å². The summed E-state index contributed by atoms with van der Waals surface area (Å²) in [6.07, 6.45) is 2.47. The molecule has 0 radical (unpaired) electrons. The Morgan fingerprint density at radius 3 is 1.85 bits per heavy atom. The standard InChI is InChI=1S/C21H21N3O3.C10H10N2O7S2/c1-13-11-15(3-5-17(13)22)16-4-6-18(14(2)12-16)23-19(25)9-10-24-20(26)7-8-21(24)27;11-5-2-1-4-6(20(14,15)16)3-7(21(17,18)19)9(12)8(4)10(5)13/h3-8,11-12H,9-10,22H2,1-2H3,(H,23,25);1-3,13H,11-12H2,(H,14,15,16)(H,17,18,19). The van der Waals surface area contributed by atoms with Crippen molar-refractivity contribution in [2.75, 3.05) is 29.1 Å². The van der Waals surface area contributed by atoms with Crippen LogP contribution in [0, 0.1) is 13.8 Å². The number of nitrogens with one attached hydrogen (secondary N) is 1. The van der Waals surface area contributed by atoms with Gasteiger partial charge in [-0.25, -0.2) is 0 Å². The topological polar surface area (TPSA) is 274 Å². The Morgan fingerprint density at radius 1 is 0.771 bits per heavy atom. The van der Waals surface area contributed by atoms with Gasteiger partial charge in [-0.3, -0.25) is 28.4 Å². The number of phenols is 1. The highest BCUT2D eigenvalue weighted by Gasteiger charge is 2.26. The first-order valence-corrected chi connectivity index (χ1v) is 16.8. The van der Waals surface area contributed by atoms with Gasteiger partial charge in [0.2, 0.25) is 5.91 Å². The Kier molecular flexibility index (Phi) is 9.81. The van der Waals surface area contributed by atoms with Crippen LogP contribution in [0.2, 0.25) is 0 Å². The van der Waals surface area contributed by atoms with Gasteiger partial charge in [0.25, 0.3) is 32.1 Å². The molecule has 4 aromatic carbocycles. The second-order valence-corrected chi connectivity index (χ2v) is 13.5. The molecule has 1 aliphatic heterocycles. The highest BCUT2D eigenvalue weighted by molar-refractivity contribution is 7.87. The highest BCUT2D eigenvalue weighted by Crippen LogP contribution is 2.41. The third kappa shape index (κ3) is 7.55. The summed E-state index contributed by atoms with van der Waals surface area (Å²) in [7, 11) is -9.73. The van der Waals surface area contributed by atoms with E-state index in [0.29, 0.717) is 11.8 Å². The molecule has 10 N–H and O–H groups in total. The fraction of sp³-hybridized carbons (Fsp3) is 0.129. The molecule has 4 aromatic rings. The van der Waals surface area contributed by atoms with Gasteiger partial charge in [0.15, 0.2) is 0 Å². The van der Waals surface area contributed by atoms with Gasteiger partial charge in [-0.1, -0.05) is 18.2 Å². The van der Waals surface area contributed by atoms with Crippen LogP contribution in [-0.4, -0.2) is 60.2 Å². The zero-order valence-electron chi connectivity index (χ0n) is 25.5. The van der Waals surface area contributed by atoms with E-state index >= 15 is 0 Å². The number of carbonyl (C=O) groups excluding carboxylic acids is 3. The van der Waals surface area contributed by atoms with Gasteiger partial charge in [0, 0.05) is 41.9 Å². The average Bonchev–Trinajstić information content (AvgIpc) is 3.31. The van der Waals surface area contributed by atoms with E-state index in [-0.39, 0.29) is 41.8 Å². The number of rotatable bonds is 7. The molecule has 0 saturated carbocycles. The number of hydrogen-bond acceptors (Lipinski definition) is 11. The van der Waals surface area contributed by atoms with Crippen LogP contribution in [0.15, 0.2) is 76.5 Å². The number of aromatic hydroxyl groups is 1. The number of amides is 3. The lowest BCUT2D eigenvalue weighted by Gasteiger charge is -2.14. The van der Waals surface area contributed by atoms with Crippen molar-refractivity contribution in [1.29, 1.82) is 0 Å². The fourth-order valence-corrected chi connectivity index (χ4v) is 6.26. The summed E-state index contributed by atoms with van der Waals surface area (Å²) in [5, 5.41) is 12.0. The number of fused-ring (bicyclic) bond motifs is 1. The second kappa shape index (κ2) is 13.3. The maximum absolute atomic E-state index is 12.2. The van der Waals surface area contributed by atoms with E-state index < -0.39 is 46.9 Å². The number of nitrogen functional groups attached to an aromatic ring is 3. The lowest BCUT2D eigenvalue weighted by Crippen LogP contribution is -2.33. The van der Waals surface area contributed by atoms with E-state index in [2.05, 4.69) is 5.32 Å². The highest BCUT2D eigenvalue weighted by atomic mass is 32.2. The number of nitrogens with two attached hydrogens (primary N) is 3. The predicted octanol–water partition coefficient (Wildman–Crippen LogP) is 3.01. The molecule has 17 heteroatoms. The number of hydrogen-bond donors (Lipinski definition) is 7. The molecule has 3 amide bonds. The second-order valence-electron chi connectivity index (χ2n) is 10.7. The number of benzene rings is 4. The third-order valence-corrected chi connectivity index (χ3v) is 9.18. The number of imide groups is 1.